The molecule has 2 amide bonds. The van der Waals surface area contributed by atoms with Gasteiger partial charge in [0.05, 0.1) is 24.5 Å². The Labute approximate surface area is 231 Å². The SMILES string of the molecule is CCC1=C2[C@@H](CC/C(=C/c3cccc(O)c3)c3ccccc3)OC[C@@H]2[C@@H]2C(=O)N(C3CCCCC3)C(=O)[C@@H]2C1. The minimum Gasteiger partial charge on any atom is -0.508 e. The lowest BCUT2D eigenvalue weighted by molar-refractivity contribution is -0.143. The van der Waals surface area contributed by atoms with Crippen LogP contribution in [0.15, 0.2) is 65.7 Å². The van der Waals surface area contributed by atoms with Gasteiger partial charge < -0.3 is 9.84 Å². The molecule has 0 spiro atoms. The molecule has 0 radical (unpaired) electrons. The van der Waals surface area contributed by atoms with Gasteiger partial charge in [-0.1, -0.05) is 80.3 Å². The maximum atomic E-state index is 13.8. The maximum Gasteiger partial charge on any atom is 0.234 e. The minimum atomic E-state index is -0.258. The monoisotopic (exact) mass is 525 g/mol. The molecular weight excluding hydrogens is 486 g/mol. The van der Waals surface area contributed by atoms with E-state index in [1.807, 2.05) is 30.3 Å². The van der Waals surface area contributed by atoms with E-state index in [9.17, 15) is 14.7 Å². The highest BCUT2D eigenvalue weighted by Gasteiger charge is 2.57. The summed E-state index contributed by atoms with van der Waals surface area (Å²) >= 11 is 0. The summed E-state index contributed by atoms with van der Waals surface area (Å²) in [7, 11) is 0. The number of ether oxygens (including phenoxy) is 1. The molecule has 1 saturated carbocycles. The van der Waals surface area contributed by atoms with E-state index in [2.05, 4.69) is 25.1 Å². The van der Waals surface area contributed by atoms with Crippen molar-refractivity contribution in [3.63, 3.8) is 0 Å². The molecular formula is C34H39NO4. The molecule has 0 unspecified atom stereocenters. The Morgan fingerprint density at radius 2 is 1.79 bits per heavy atom. The zero-order chi connectivity index (χ0) is 26.9. The Kier molecular flexibility index (Phi) is 7.44. The summed E-state index contributed by atoms with van der Waals surface area (Å²) in [5.41, 5.74) is 5.94. The lowest BCUT2D eigenvalue weighted by Gasteiger charge is -2.31. The second-order valence-electron chi connectivity index (χ2n) is 11.7. The van der Waals surface area contributed by atoms with Crippen molar-refractivity contribution in [1.29, 1.82) is 0 Å². The number of hydrogen-bond acceptors (Lipinski definition) is 4. The number of rotatable bonds is 7. The highest BCUT2D eigenvalue weighted by Crippen LogP contribution is 2.51. The van der Waals surface area contributed by atoms with Crippen molar-refractivity contribution >= 4 is 23.5 Å². The summed E-state index contributed by atoms with van der Waals surface area (Å²) in [6.07, 6.45) is 10.7. The maximum absolute atomic E-state index is 13.8. The van der Waals surface area contributed by atoms with Gasteiger partial charge in [-0.05, 0) is 72.9 Å². The number of aromatic hydroxyl groups is 1. The Morgan fingerprint density at radius 1 is 1.00 bits per heavy atom. The number of carbonyl (C=O) groups is 2. The molecule has 2 aromatic rings. The van der Waals surface area contributed by atoms with E-state index in [0.29, 0.717) is 13.0 Å². The number of allylic oxidation sites excluding steroid dienone is 2. The van der Waals surface area contributed by atoms with Crippen LogP contribution in [0.5, 0.6) is 5.75 Å². The molecule has 4 aliphatic rings. The molecule has 204 valence electrons. The normalized spacial score (nSPS) is 27.7. The van der Waals surface area contributed by atoms with E-state index < -0.39 is 0 Å². The van der Waals surface area contributed by atoms with E-state index >= 15 is 0 Å². The number of imide groups is 1. The molecule has 2 aliphatic heterocycles. The van der Waals surface area contributed by atoms with Gasteiger partial charge in [-0.15, -0.1) is 0 Å². The number of amides is 2. The first-order chi connectivity index (χ1) is 19.0. The molecule has 2 aliphatic carbocycles. The predicted molar refractivity (Wildman–Crippen MR) is 153 cm³/mol. The van der Waals surface area contributed by atoms with Gasteiger partial charge in [0.1, 0.15) is 5.75 Å². The minimum absolute atomic E-state index is 0.0176. The van der Waals surface area contributed by atoms with Gasteiger partial charge in [0.25, 0.3) is 0 Å². The summed E-state index contributed by atoms with van der Waals surface area (Å²) in [6.45, 7) is 2.70. The Hall–Kier alpha value is -3.18. The second-order valence-corrected chi connectivity index (χ2v) is 11.7. The summed E-state index contributed by atoms with van der Waals surface area (Å²) in [6, 6.07) is 17.8. The quantitative estimate of drug-likeness (QED) is 0.246. The molecule has 2 heterocycles. The summed E-state index contributed by atoms with van der Waals surface area (Å²) in [5.74, 6) is -0.0601. The third kappa shape index (κ3) is 4.98. The standard InChI is InChI=1S/C34H39NO4/c1-2-23-20-28-32(34(38)35(33(28)37)26-13-7-4-8-14-26)29-21-39-30(31(23)29)17-16-25(24-11-5-3-6-12-24)18-22-10-9-15-27(36)19-22/h3,5-6,9-12,15,18-19,26,28-30,32,36H,2,4,7-8,13-14,16-17,20-21H2,1H3/b25-18-/t28-,29+,30-,32-/m1/s1. The van der Waals surface area contributed by atoms with Crippen LogP contribution in [0.3, 0.4) is 0 Å². The fourth-order valence-electron chi connectivity index (χ4n) is 7.59. The van der Waals surface area contributed by atoms with Gasteiger partial charge in [-0.2, -0.15) is 0 Å². The van der Waals surface area contributed by atoms with Crippen molar-refractivity contribution in [3.8, 4) is 5.75 Å². The molecule has 39 heavy (non-hydrogen) atoms. The van der Waals surface area contributed by atoms with Crippen LogP contribution in [-0.2, 0) is 14.3 Å². The van der Waals surface area contributed by atoms with Crippen molar-refractivity contribution in [3.05, 3.63) is 76.9 Å². The zero-order valence-corrected chi connectivity index (χ0v) is 22.9. The molecule has 3 fully saturated rings. The second kappa shape index (κ2) is 11.1. The number of benzene rings is 2. The van der Waals surface area contributed by atoms with E-state index in [1.54, 1.807) is 17.0 Å². The predicted octanol–water partition coefficient (Wildman–Crippen LogP) is 6.77. The number of carbonyl (C=O) groups excluding carboxylic acids is 2. The number of fused-ring (bicyclic) bond motifs is 3. The van der Waals surface area contributed by atoms with Gasteiger partial charge >= 0.3 is 0 Å². The van der Waals surface area contributed by atoms with Crippen molar-refractivity contribution < 1.29 is 19.4 Å². The van der Waals surface area contributed by atoms with Crippen molar-refractivity contribution in [2.75, 3.05) is 6.61 Å². The number of phenolic OH excluding ortho intramolecular Hbond substituents is 1. The van der Waals surface area contributed by atoms with E-state index in [1.165, 1.54) is 23.1 Å². The summed E-state index contributed by atoms with van der Waals surface area (Å²) in [5, 5.41) is 9.99. The molecule has 2 aromatic carbocycles. The molecule has 6 rings (SSSR count). The fraction of sp³-hybridized carbons (Fsp3) is 0.471. The number of hydrogen-bond donors (Lipinski definition) is 1. The molecule has 1 N–H and O–H groups in total. The number of nitrogens with zero attached hydrogens (tertiary/aromatic N) is 1. The van der Waals surface area contributed by atoms with Crippen LogP contribution in [0.2, 0.25) is 0 Å². The van der Waals surface area contributed by atoms with E-state index in [0.717, 1.165) is 56.1 Å². The highest BCUT2D eigenvalue weighted by atomic mass is 16.5. The molecule has 5 heteroatoms. The van der Waals surface area contributed by atoms with Gasteiger partial charge in [-0.25, -0.2) is 0 Å². The first-order valence-electron chi connectivity index (χ1n) is 14.8. The Bertz CT molecular complexity index is 1290. The van der Waals surface area contributed by atoms with Crippen LogP contribution in [0.4, 0.5) is 0 Å². The van der Waals surface area contributed by atoms with Crippen LogP contribution in [0.1, 0.15) is 75.8 Å². The fourth-order valence-corrected chi connectivity index (χ4v) is 7.59. The molecule has 4 atom stereocenters. The van der Waals surface area contributed by atoms with Crippen molar-refractivity contribution in [2.45, 2.75) is 76.9 Å². The van der Waals surface area contributed by atoms with Gasteiger partial charge in [-0.3, -0.25) is 14.5 Å². The first-order valence-corrected chi connectivity index (χ1v) is 14.8. The van der Waals surface area contributed by atoms with E-state index in [-0.39, 0.29) is 47.5 Å². The Balaban J connectivity index is 1.24. The third-order valence-corrected chi connectivity index (χ3v) is 9.44. The van der Waals surface area contributed by atoms with Crippen LogP contribution >= 0.6 is 0 Å². The topological polar surface area (TPSA) is 66.8 Å². The van der Waals surface area contributed by atoms with Crippen LogP contribution in [0.25, 0.3) is 11.6 Å². The molecule has 0 aromatic heterocycles. The van der Waals surface area contributed by atoms with Gasteiger partial charge in [0.15, 0.2) is 0 Å². The van der Waals surface area contributed by atoms with Crippen LogP contribution < -0.4 is 0 Å². The molecule has 5 nitrogen and oxygen atoms in total. The number of likely N-dealkylation sites (tertiary alicyclic amines) is 1. The largest absolute Gasteiger partial charge is 0.508 e. The summed E-state index contributed by atoms with van der Waals surface area (Å²) < 4.78 is 6.45. The molecule has 2 saturated heterocycles. The van der Waals surface area contributed by atoms with E-state index in [4.69, 9.17) is 4.74 Å². The lowest BCUT2D eigenvalue weighted by Crippen LogP contribution is -2.42. The van der Waals surface area contributed by atoms with Gasteiger partial charge in [0, 0.05) is 12.0 Å². The summed E-state index contributed by atoms with van der Waals surface area (Å²) in [4.78, 5) is 29.0. The number of phenols is 1. The first kappa shape index (κ1) is 26.1. The lowest BCUT2D eigenvalue weighted by atomic mass is 9.69. The molecule has 0 bridgehead atoms. The Morgan fingerprint density at radius 3 is 2.54 bits per heavy atom. The smallest absolute Gasteiger partial charge is 0.234 e. The highest BCUT2D eigenvalue weighted by molar-refractivity contribution is 6.06. The average Bonchev–Trinajstić information content (AvgIpc) is 3.49. The third-order valence-electron chi connectivity index (χ3n) is 9.44. The van der Waals surface area contributed by atoms with Crippen molar-refractivity contribution in [1.82, 2.24) is 4.90 Å². The van der Waals surface area contributed by atoms with Crippen molar-refractivity contribution in [2.24, 2.45) is 17.8 Å². The zero-order valence-electron chi connectivity index (χ0n) is 22.9. The average molecular weight is 526 g/mol. The van der Waals surface area contributed by atoms with Crippen LogP contribution in [0, 0.1) is 17.8 Å². The van der Waals surface area contributed by atoms with Crippen LogP contribution in [-0.4, -0.2) is 40.6 Å². The van der Waals surface area contributed by atoms with Gasteiger partial charge in [0.2, 0.25) is 11.8 Å².